The van der Waals surface area contributed by atoms with E-state index in [9.17, 15) is 19.7 Å². The Hall–Kier alpha value is -2.42. The maximum absolute atomic E-state index is 11.8. The maximum Gasteiger partial charge on any atom is 0.292 e. The SMILES string of the molecule is NC1=NC(=O)[C@H](CC(=O)Nc2ccccc2[N+](=O)[O-])S1. The quantitative estimate of drug-likeness (QED) is 0.626. The third-order valence-electron chi connectivity index (χ3n) is 2.50. The molecule has 0 bridgehead atoms. The highest BCUT2D eigenvalue weighted by Gasteiger charge is 2.29. The number of para-hydroxylation sites is 2. The average molecular weight is 294 g/mol. The molecule has 1 aliphatic rings. The van der Waals surface area contributed by atoms with Gasteiger partial charge in [0.2, 0.25) is 5.91 Å². The average Bonchev–Trinajstić information content (AvgIpc) is 2.68. The zero-order valence-electron chi connectivity index (χ0n) is 10.1. The van der Waals surface area contributed by atoms with Gasteiger partial charge in [0.25, 0.3) is 11.6 Å². The Bertz CT molecular complexity index is 616. The molecule has 1 aromatic carbocycles. The Labute approximate surface area is 117 Å². The van der Waals surface area contributed by atoms with Crippen LogP contribution in [0.25, 0.3) is 0 Å². The molecule has 2 amide bonds. The van der Waals surface area contributed by atoms with Gasteiger partial charge < -0.3 is 11.1 Å². The molecule has 1 heterocycles. The van der Waals surface area contributed by atoms with Crippen molar-refractivity contribution in [3.8, 4) is 0 Å². The van der Waals surface area contributed by atoms with Gasteiger partial charge >= 0.3 is 0 Å². The van der Waals surface area contributed by atoms with Gasteiger partial charge in [0.15, 0.2) is 5.17 Å². The first-order valence-electron chi connectivity index (χ1n) is 5.55. The molecule has 0 saturated carbocycles. The summed E-state index contributed by atoms with van der Waals surface area (Å²) in [7, 11) is 0. The van der Waals surface area contributed by atoms with Crippen molar-refractivity contribution >= 4 is 40.1 Å². The second kappa shape index (κ2) is 5.70. The van der Waals surface area contributed by atoms with Crippen molar-refractivity contribution in [1.29, 1.82) is 0 Å². The highest BCUT2D eigenvalue weighted by Crippen LogP contribution is 2.26. The van der Waals surface area contributed by atoms with E-state index in [1.54, 1.807) is 6.07 Å². The molecule has 0 radical (unpaired) electrons. The van der Waals surface area contributed by atoms with Crippen molar-refractivity contribution in [2.24, 2.45) is 10.7 Å². The highest BCUT2D eigenvalue weighted by atomic mass is 32.2. The van der Waals surface area contributed by atoms with Crippen LogP contribution in [0.15, 0.2) is 29.3 Å². The topological polar surface area (TPSA) is 128 Å². The van der Waals surface area contributed by atoms with Crippen LogP contribution in [0.2, 0.25) is 0 Å². The molecule has 0 aliphatic carbocycles. The van der Waals surface area contributed by atoms with Crippen molar-refractivity contribution in [2.75, 3.05) is 5.32 Å². The van der Waals surface area contributed by atoms with Crippen LogP contribution in [0.1, 0.15) is 6.42 Å². The second-order valence-electron chi connectivity index (χ2n) is 3.92. The first-order valence-corrected chi connectivity index (χ1v) is 6.43. The fraction of sp³-hybridized carbons (Fsp3) is 0.182. The maximum atomic E-state index is 11.8. The van der Waals surface area contributed by atoms with E-state index in [0.717, 1.165) is 11.8 Å². The van der Waals surface area contributed by atoms with Gasteiger partial charge in [-0.2, -0.15) is 4.99 Å². The molecule has 8 nitrogen and oxygen atoms in total. The summed E-state index contributed by atoms with van der Waals surface area (Å²) >= 11 is 1.01. The lowest BCUT2D eigenvalue weighted by atomic mass is 10.2. The first kappa shape index (κ1) is 14.0. The van der Waals surface area contributed by atoms with Gasteiger partial charge in [-0.3, -0.25) is 19.7 Å². The summed E-state index contributed by atoms with van der Waals surface area (Å²) in [6.45, 7) is 0. The third-order valence-corrected chi connectivity index (χ3v) is 3.49. The molecule has 0 fully saturated rings. The normalized spacial score (nSPS) is 17.7. The van der Waals surface area contributed by atoms with Crippen LogP contribution < -0.4 is 11.1 Å². The summed E-state index contributed by atoms with van der Waals surface area (Å²) < 4.78 is 0. The minimum absolute atomic E-state index is 0.0897. The first-order chi connectivity index (χ1) is 9.47. The Kier molecular flexibility index (Phi) is 3.99. The van der Waals surface area contributed by atoms with Gasteiger partial charge in [-0.15, -0.1) is 0 Å². The predicted molar refractivity (Wildman–Crippen MR) is 74.4 cm³/mol. The van der Waals surface area contributed by atoms with E-state index >= 15 is 0 Å². The standard InChI is InChI=1S/C11H10N4O4S/c12-11-14-10(17)8(20-11)5-9(16)13-6-3-1-2-4-7(6)15(18)19/h1-4,8H,5H2,(H,13,16)(H2,12,14,17)/t8-/m0/s1. The molecule has 1 aromatic rings. The van der Waals surface area contributed by atoms with Gasteiger partial charge in [0, 0.05) is 12.5 Å². The Morgan fingerprint density at radius 1 is 1.50 bits per heavy atom. The zero-order chi connectivity index (χ0) is 14.7. The number of benzene rings is 1. The van der Waals surface area contributed by atoms with Gasteiger partial charge in [-0.25, -0.2) is 0 Å². The van der Waals surface area contributed by atoms with Crippen LogP contribution in [0, 0.1) is 10.1 Å². The number of hydrogen-bond donors (Lipinski definition) is 2. The lowest BCUT2D eigenvalue weighted by molar-refractivity contribution is -0.383. The number of thioether (sulfide) groups is 1. The van der Waals surface area contributed by atoms with E-state index in [1.165, 1.54) is 18.2 Å². The van der Waals surface area contributed by atoms with E-state index in [0.29, 0.717) is 0 Å². The van der Waals surface area contributed by atoms with Crippen LogP contribution >= 0.6 is 11.8 Å². The molecule has 0 unspecified atom stereocenters. The van der Waals surface area contributed by atoms with Crippen molar-refractivity contribution in [3.05, 3.63) is 34.4 Å². The number of hydrogen-bond acceptors (Lipinski definition) is 6. The summed E-state index contributed by atoms with van der Waals surface area (Å²) in [6.07, 6.45) is -0.139. The van der Waals surface area contributed by atoms with Gasteiger partial charge in [-0.05, 0) is 6.07 Å². The zero-order valence-corrected chi connectivity index (χ0v) is 10.9. The number of amidine groups is 1. The lowest BCUT2D eigenvalue weighted by Crippen LogP contribution is -2.22. The number of rotatable bonds is 4. The number of nitrogens with two attached hydrogens (primary N) is 1. The fourth-order valence-corrected chi connectivity index (χ4v) is 2.46. The second-order valence-corrected chi connectivity index (χ2v) is 5.14. The van der Waals surface area contributed by atoms with E-state index in [4.69, 9.17) is 5.73 Å². The Morgan fingerprint density at radius 2 is 2.20 bits per heavy atom. The van der Waals surface area contributed by atoms with Crippen molar-refractivity contribution in [3.63, 3.8) is 0 Å². The van der Waals surface area contributed by atoms with Crippen molar-refractivity contribution in [1.82, 2.24) is 0 Å². The fourth-order valence-electron chi connectivity index (χ4n) is 1.64. The Balaban J connectivity index is 2.03. The smallest absolute Gasteiger partial charge is 0.292 e. The van der Waals surface area contributed by atoms with Crippen LogP contribution in [-0.4, -0.2) is 27.2 Å². The summed E-state index contributed by atoms with van der Waals surface area (Å²) in [5, 5.41) is 12.7. The molecule has 104 valence electrons. The molecular weight excluding hydrogens is 284 g/mol. The highest BCUT2D eigenvalue weighted by molar-refractivity contribution is 8.15. The number of nitrogens with zero attached hydrogens (tertiary/aromatic N) is 2. The van der Waals surface area contributed by atoms with Gasteiger partial charge in [0.1, 0.15) is 10.9 Å². The number of amides is 2. The molecular formula is C11H10N4O4S. The van der Waals surface area contributed by atoms with Crippen molar-refractivity contribution in [2.45, 2.75) is 11.7 Å². The molecule has 3 N–H and O–H groups in total. The third kappa shape index (κ3) is 3.12. The number of nitro benzene ring substituents is 1. The summed E-state index contributed by atoms with van der Waals surface area (Å²) in [6, 6.07) is 5.77. The monoisotopic (exact) mass is 294 g/mol. The van der Waals surface area contributed by atoms with Crippen LogP contribution in [0.3, 0.4) is 0 Å². The van der Waals surface area contributed by atoms with E-state index < -0.39 is 22.0 Å². The van der Waals surface area contributed by atoms with Crippen molar-refractivity contribution < 1.29 is 14.5 Å². The molecule has 20 heavy (non-hydrogen) atoms. The minimum atomic E-state index is -0.669. The lowest BCUT2D eigenvalue weighted by Gasteiger charge is -2.08. The van der Waals surface area contributed by atoms with E-state index in [-0.39, 0.29) is 23.0 Å². The molecule has 2 rings (SSSR count). The number of carbonyl (C=O) groups is 2. The minimum Gasteiger partial charge on any atom is -0.378 e. The molecule has 0 spiro atoms. The Morgan fingerprint density at radius 3 is 2.80 bits per heavy atom. The van der Waals surface area contributed by atoms with Gasteiger partial charge in [0.05, 0.1) is 4.92 Å². The number of aliphatic imine (C=N–C) groups is 1. The molecule has 1 aliphatic heterocycles. The summed E-state index contributed by atoms with van der Waals surface area (Å²) in [5.41, 5.74) is 5.26. The molecule has 9 heteroatoms. The number of nitrogens with one attached hydrogen (secondary N) is 1. The molecule has 0 saturated heterocycles. The number of nitro groups is 1. The number of carbonyl (C=O) groups excluding carboxylic acids is 2. The predicted octanol–water partition coefficient (Wildman–Crippen LogP) is 0.880. The van der Waals surface area contributed by atoms with Crippen LogP contribution in [0.4, 0.5) is 11.4 Å². The molecule has 1 atom stereocenters. The summed E-state index contributed by atoms with van der Waals surface area (Å²) in [4.78, 5) is 36.9. The van der Waals surface area contributed by atoms with Gasteiger partial charge in [-0.1, -0.05) is 23.9 Å². The van der Waals surface area contributed by atoms with E-state index in [2.05, 4.69) is 10.3 Å². The van der Waals surface area contributed by atoms with E-state index in [1.807, 2.05) is 0 Å². The van der Waals surface area contributed by atoms with Crippen LogP contribution in [-0.2, 0) is 9.59 Å². The number of anilines is 1. The largest absolute Gasteiger partial charge is 0.378 e. The molecule has 0 aromatic heterocycles. The van der Waals surface area contributed by atoms with Crippen LogP contribution in [0.5, 0.6) is 0 Å². The summed E-state index contributed by atoms with van der Waals surface area (Å²) in [5.74, 6) is -0.972.